The van der Waals surface area contributed by atoms with Crippen LogP contribution in [0.2, 0.25) is 11.6 Å². The Morgan fingerprint density at radius 3 is 2.31 bits per heavy atom. The molecule has 0 atom stereocenters. The summed E-state index contributed by atoms with van der Waals surface area (Å²) < 4.78 is 13.4. The van der Waals surface area contributed by atoms with Gasteiger partial charge in [0.15, 0.2) is 0 Å². The van der Waals surface area contributed by atoms with Gasteiger partial charge in [-0.3, -0.25) is 0 Å². The van der Waals surface area contributed by atoms with E-state index >= 15 is 0 Å². The maximum absolute atomic E-state index is 6.05. The molecule has 3 rings (SSSR count). The molecule has 0 bridgehead atoms. The van der Waals surface area contributed by atoms with Crippen molar-refractivity contribution < 1.29 is 9.16 Å². The maximum atomic E-state index is 6.05. The standard InChI is InChI=1S/C31H43O2SSi/c1-6-25-15-17-26(18-16-25)29-23-27-19-20-28(24-30(27)34-29)32-21-13-11-9-7-8-10-12-14-22-33-35(5)31(2,3)4/h8,10,15-20,23-24H,6-7,9,11-14,21-22H2,1-5H3/b10-8+. The fraction of sp³-hybridized carbons (Fsp3) is 0.484. The molecular formula is C31H43O2SSi. The minimum absolute atomic E-state index is 0.325. The van der Waals surface area contributed by atoms with E-state index in [4.69, 9.17) is 9.16 Å². The molecule has 2 nitrogen and oxygen atoms in total. The number of aryl methyl sites for hydroxylation is 1. The molecule has 4 heteroatoms. The summed E-state index contributed by atoms with van der Waals surface area (Å²) in [6.07, 6.45) is 12.7. The second-order valence-corrected chi connectivity index (χ2v) is 14.3. The Hall–Kier alpha value is -1.88. The lowest BCUT2D eigenvalue weighted by Gasteiger charge is -2.24. The van der Waals surface area contributed by atoms with Crippen LogP contribution in [0.25, 0.3) is 20.5 Å². The van der Waals surface area contributed by atoms with E-state index < -0.39 is 9.04 Å². The summed E-state index contributed by atoms with van der Waals surface area (Å²) in [7, 11) is -0.694. The van der Waals surface area contributed by atoms with Crippen molar-refractivity contribution in [3.05, 3.63) is 66.2 Å². The second kappa shape index (κ2) is 14.0. The highest BCUT2D eigenvalue weighted by molar-refractivity contribution is 7.22. The Bertz CT molecular complexity index is 1050. The number of unbranched alkanes of at least 4 members (excludes halogenated alkanes) is 4. The van der Waals surface area contributed by atoms with Gasteiger partial charge in [-0.05, 0) is 97.3 Å². The number of ether oxygens (including phenoxy) is 1. The Labute approximate surface area is 219 Å². The molecule has 1 aromatic heterocycles. The van der Waals surface area contributed by atoms with Crippen LogP contribution in [0.5, 0.6) is 5.75 Å². The third-order valence-corrected chi connectivity index (χ3v) is 10.4. The van der Waals surface area contributed by atoms with Gasteiger partial charge in [-0.1, -0.05) is 64.1 Å². The average Bonchev–Trinajstić information content (AvgIpc) is 3.27. The molecule has 0 aliphatic heterocycles. The summed E-state index contributed by atoms with van der Waals surface area (Å²) in [5.41, 5.74) is 2.68. The van der Waals surface area contributed by atoms with E-state index in [2.05, 4.69) is 94.9 Å². The van der Waals surface area contributed by atoms with Crippen molar-refractivity contribution in [1.82, 2.24) is 0 Å². The predicted octanol–water partition coefficient (Wildman–Crippen LogP) is 9.84. The van der Waals surface area contributed by atoms with E-state index in [1.54, 1.807) is 0 Å². The van der Waals surface area contributed by atoms with Crippen LogP contribution >= 0.6 is 11.3 Å². The molecule has 1 heterocycles. The van der Waals surface area contributed by atoms with Gasteiger partial charge in [-0.2, -0.15) is 0 Å². The van der Waals surface area contributed by atoms with Gasteiger partial charge in [-0.25, -0.2) is 0 Å². The molecule has 189 valence electrons. The van der Waals surface area contributed by atoms with Gasteiger partial charge >= 0.3 is 0 Å². The van der Waals surface area contributed by atoms with Crippen molar-refractivity contribution in [2.24, 2.45) is 0 Å². The number of rotatable bonds is 14. The van der Waals surface area contributed by atoms with E-state index in [1.807, 2.05) is 11.3 Å². The molecule has 0 N–H and O–H groups in total. The third kappa shape index (κ3) is 9.25. The zero-order valence-corrected chi connectivity index (χ0v) is 24.2. The monoisotopic (exact) mass is 507 g/mol. The van der Waals surface area contributed by atoms with Crippen molar-refractivity contribution in [2.45, 2.75) is 84.2 Å². The van der Waals surface area contributed by atoms with Gasteiger partial charge in [-0.15, -0.1) is 11.3 Å². The Kier molecular flexibility index (Phi) is 11.1. The molecule has 0 aliphatic rings. The fourth-order valence-electron chi connectivity index (χ4n) is 3.76. The summed E-state index contributed by atoms with van der Waals surface area (Å²) in [5.74, 6) is 0.984. The molecule has 1 radical (unpaired) electrons. The van der Waals surface area contributed by atoms with E-state index in [1.165, 1.54) is 38.9 Å². The zero-order chi connectivity index (χ0) is 25.1. The van der Waals surface area contributed by atoms with Gasteiger partial charge in [0.05, 0.1) is 6.61 Å². The molecule has 35 heavy (non-hydrogen) atoms. The summed E-state index contributed by atoms with van der Waals surface area (Å²) in [6, 6.07) is 17.7. The highest BCUT2D eigenvalue weighted by Gasteiger charge is 2.23. The third-order valence-electron chi connectivity index (χ3n) is 6.48. The molecule has 3 aromatic rings. The topological polar surface area (TPSA) is 18.5 Å². The largest absolute Gasteiger partial charge is 0.494 e. The van der Waals surface area contributed by atoms with Gasteiger partial charge in [0, 0.05) is 16.2 Å². The Morgan fingerprint density at radius 2 is 1.60 bits per heavy atom. The Balaban J connectivity index is 1.29. The molecule has 0 unspecified atom stereocenters. The minimum atomic E-state index is -0.694. The summed E-state index contributed by atoms with van der Waals surface area (Å²) in [5, 5.41) is 1.62. The normalized spacial score (nSPS) is 12.3. The quantitative estimate of drug-likeness (QED) is 0.123. The lowest BCUT2D eigenvalue weighted by molar-refractivity contribution is 0.300. The zero-order valence-electron chi connectivity index (χ0n) is 22.4. The van der Waals surface area contributed by atoms with Gasteiger partial charge in [0.2, 0.25) is 9.04 Å². The Morgan fingerprint density at radius 1 is 0.857 bits per heavy atom. The number of hydrogen-bond acceptors (Lipinski definition) is 3. The number of allylic oxidation sites excluding steroid dienone is 2. The molecule has 0 saturated carbocycles. The van der Waals surface area contributed by atoms with E-state index in [0.717, 1.165) is 51.1 Å². The molecule has 0 amide bonds. The van der Waals surface area contributed by atoms with Gasteiger partial charge in [0.25, 0.3) is 0 Å². The van der Waals surface area contributed by atoms with Crippen LogP contribution in [-0.2, 0) is 10.8 Å². The summed E-state index contributed by atoms with van der Waals surface area (Å²) >= 11 is 1.85. The second-order valence-electron chi connectivity index (χ2n) is 10.3. The number of fused-ring (bicyclic) bond motifs is 1. The highest BCUT2D eigenvalue weighted by Crippen LogP contribution is 2.35. The first kappa shape index (κ1) is 27.7. The lowest BCUT2D eigenvalue weighted by atomic mass is 10.1. The first-order valence-corrected chi connectivity index (χ1v) is 16.0. The van der Waals surface area contributed by atoms with Crippen molar-refractivity contribution in [1.29, 1.82) is 0 Å². The number of hydrogen-bond donors (Lipinski definition) is 0. The summed E-state index contributed by atoms with van der Waals surface area (Å²) in [6.45, 7) is 13.0. The van der Waals surface area contributed by atoms with Crippen LogP contribution < -0.4 is 4.74 Å². The van der Waals surface area contributed by atoms with Crippen LogP contribution in [0, 0.1) is 0 Å². The lowest BCUT2D eigenvalue weighted by Crippen LogP contribution is -2.26. The minimum Gasteiger partial charge on any atom is -0.494 e. The maximum Gasteiger partial charge on any atom is 0.213 e. The van der Waals surface area contributed by atoms with E-state index in [0.29, 0.717) is 5.04 Å². The average molecular weight is 508 g/mol. The smallest absolute Gasteiger partial charge is 0.213 e. The van der Waals surface area contributed by atoms with Crippen molar-refractivity contribution in [2.75, 3.05) is 13.2 Å². The van der Waals surface area contributed by atoms with Crippen LogP contribution in [-0.4, -0.2) is 22.3 Å². The van der Waals surface area contributed by atoms with Crippen LogP contribution in [0.1, 0.15) is 71.8 Å². The molecule has 0 saturated heterocycles. The summed E-state index contributed by atoms with van der Waals surface area (Å²) in [4.78, 5) is 1.32. The molecule has 0 aliphatic carbocycles. The van der Waals surface area contributed by atoms with Crippen LogP contribution in [0.15, 0.2) is 60.7 Å². The molecule has 0 fully saturated rings. The number of benzene rings is 2. The van der Waals surface area contributed by atoms with Crippen molar-refractivity contribution in [3.63, 3.8) is 0 Å². The molecule has 0 spiro atoms. The first-order valence-electron chi connectivity index (χ1n) is 13.2. The van der Waals surface area contributed by atoms with Crippen molar-refractivity contribution >= 4 is 30.5 Å². The van der Waals surface area contributed by atoms with Gasteiger partial charge in [0.1, 0.15) is 5.75 Å². The predicted molar refractivity (Wildman–Crippen MR) is 156 cm³/mol. The first-order chi connectivity index (χ1) is 16.9. The van der Waals surface area contributed by atoms with Gasteiger partial charge < -0.3 is 9.16 Å². The van der Waals surface area contributed by atoms with Crippen molar-refractivity contribution in [3.8, 4) is 16.2 Å². The SMILES string of the molecule is CCc1ccc(-c2cc3ccc(OCCCCC/C=C/CCCO[Si](C)C(C)(C)C)cc3s2)cc1. The molecule has 2 aromatic carbocycles. The number of thiophene rings is 1. The van der Waals surface area contributed by atoms with Crippen LogP contribution in [0.3, 0.4) is 0 Å². The fourth-order valence-corrected chi connectivity index (χ4v) is 5.74. The van der Waals surface area contributed by atoms with E-state index in [-0.39, 0.29) is 0 Å². The highest BCUT2D eigenvalue weighted by atomic mass is 32.1. The van der Waals surface area contributed by atoms with Crippen LogP contribution in [0.4, 0.5) is 0 Å². The molecular weight excluding hydrogens is 464 g/mol. The van der Waals surface area contributed by atoms with E-state index in [9.17, 15) is 0 Å².